The van der Waals surface area contributed by atoms with E-state index >= 15 is 0 Å². The maximum Gasteiger partial charge on any atom is 0.265 e. The Labute approximate surface area is 179 Å². The van der Waals surface area contributed by atoms with E-state index < -0.39 is 0 Å². The van der Waals surface area contributed by atoms with Crippen molar-refractivity contribution in [2.24, 2.45) is 0 Å². The van der Waals surface area contributed by atoms with E-state index in [-0.39, 0.29) is 17.1 Å². The second kappa shape index (κ2) is 9.76. The number of hydrogen-bond donors (Lipinski definition) is 2. The minimum atomic E-state index is -0.223. The number of hydrogen-bond acceptors (Lipinski definition) is 4. The van der Waals surface area contributed by atoms with Crippen LogP contribution in [0.15, 0.2) is 64.9 Å². The summed E-state index contributed by atoms with van der Waals surface area (Å²) in [6.07, 6.45) is 0.701. The highest BCUT2D eigenvalue weighted by Gasteiger charge is 2.19. The lowest BCUT2D eigenvalue weighted by molar-refractivity contribution is -0.115. The molecule has 29 heavy (non-hydrogen) atoms. The number of anilines is 2. The van der Waals surface area contributed by atoms with Gasteiger partial charge in [-0.1, -0.05) is 25.1 Å². The van der Waals surface area contributed by atoms with Crippen molar-refractivity contribution in [3.8, 4) is 0 Å². The third-order valence-electron chi connectivity index (χ3n) is 4.27. The number of carbonyl (C=O) groups excluding carboxylic acids is 2. The molecule has 0 aliphatic rings. The maximum absolute atomic E-state index is 12.8. The molecule has 2 amide bonds. The van der Waals surface area contributed by atoms with Gasteiger partial charge in [0, 0.05) is 16.3 Å². The molecule has 1 atom stereocenters. The van der Waals surface area contributed by atoms with Gasteiger partial charge < -0.3 is 10.6 Å². The summed E-state index contributed by atoms with van der Waals surface area (Å²) in [5.41, 5.74) is 3.78. The quantitative estimate of drug-likeness (QED) is 0.449. The first-order valence-electron chi connectivity index (χ1n) is 9.45. The Morgan fingerprint density at radius 1 is 0.966 bits per heavy atom. The van der Waals surface area contributed by atoms with Crippen LogP contribution >= 0.6 is 23.1 Å². The van der Waals surface area contributed by atoms with Crippen LogP contribution in [0.1, 0.15) is 34.1 Å². The molecule has 0 bridgehead atoms. The van der Waals surface area contributed by atoms with Gasteiger partial charge in [-0.05, 0) is 73.2 Å². The van der Waals surface area contributed by atoms with Crippen LogP contribution in [-0.4, -0.2) is 17.1 Å². The largest absolute Gasteiger partial charge is 0.325 e. The number of rotatable bonds is 7. The van der Waals surface area contributed by atoms with E-state index in [9.17, 15) is 9.59 Å². The molecule has 0 radical (unpaired) electrons. The van der Waals surface area contributed by atoms with Crippen molar-refractivity contribution >= 4 is 46.3 Å². The zero-order chi connectivity index (χ0) is 20.8. The fourth-order valence-electron chi connectivity index (χ4n) is 3.00. The average Bonchev–Trinajstić information content (AvgIpc) is 3.20. The molecule has 150 valence electrons. The van der Waals surface area contributed by atoms with Gasteiger partial charge in [-0.25, -0.2) is 0 Å². The van der Waals surface area contributed by atoms with E-state index in [1.807, 2.05) is 68.6 Å². The van der Waals surface area contributed by atoms with Crippen LogP contribution in [0.2, 0.25) is 0 Å². The summed E-state index contributed by atoms with van der Waals surface area (Å²) in [6, 6.07) is 17.3. The Bertz CT molecular complexity index is 980. The second-order valence-electron chi connectivity index (χ2n) is 6.84. The number of aryl methyl sites for hydroxylation is 2. The van der Waals surface area contributed by atoms with E-state index in [4.69, 9.17) is 0 Å². The van der Waals surface area contributed by atoms with Gasteiger partial charge in [0.05, 0.1) is 10.1 Å². The van der Waals surface area contributed by atoms with Gasteiger partial charge in [0.15, 0.2) is 0 Å². The second-order valence-corrected chi connectivity index (χ2v) is 9.06. The summed E-state index contributed by atoms with van der Waals surface area (Å²) in [4.78, 5) is 26.7. The Hall–Kier alpha value is -2.57. The Morgan fingerprint density at radius 2 is 1.72 bits per heavy atom. The molecule has 0 spiro atoms. The van der Waals surface area contributed by atoms with Gasteiger partial charge in [0.1, 0.15) is 0 Å². The molecule has 1 unspecified atom stereocenters. The fourth-order valence-corrected chi connectivity index (χ4v) is 4.64. The lowest BCUT2D eigenvalue weighted by atomic mass is 10.1. The predicted molar refractivity (Wildman–Crippen MR) is 123 cm³/mol. The van der Waals surface area contributed by atoms with Crippen LogP contribution in [-0.2, 0) is 4.79 Å². The Kier molecular flexibility index (Phi) is 7.12. The molecule has 1 aromatic heterocycles. The van der Waals surface area contributed by atoms with Crippen molar-refractivity contribution in [2.75, 3.05) is 10.6 Å². The number of thiophene rings is 1. The standard InChI is InChI=1S/C23H24N2O2S2/c1-4-20(22(26)25-18-12-15(2)11-16(3)13-18)29-19-8-5-7-17(14-19)24-23(27)21-9-6-10-28-21/h5-14,20H,4H2,1-3H3,(H,24,27)(H,25,26). The van der Waals surface area contributed by atoms with Crippen LogP contribution in [0.25, 0.3) is 0 Å². The highest BCUT2D eigenvalue weighted by atomic mass is 32.2. The van der Waals surface area contributed by atoms with Crippen LogP contribution < -0.4 is 10.6 Å². The highest BCUT2D eigenvalue weighted by molar-refractivity contribution is 8.00. The number of nitrogens with one attached hydrogen (secondary N) is 2. The highest BCUT2D eigenvalue weighted by Crippen LogP contribution is 2.29. The minimum Gasteiger partial charge on any atom is -0.325 e. The van der Waals surface area contributed by atoms with E-state index in [2.05, 4.69) is 16.7 Å². The summed E-state index contributed by atoms with van der Waals surface area (Å²) in [6.45, 7) is 6.04. The smallest absolute Gasteiger partial charge is 0.265 e. The first kappa shape index (κ1) is 21.1. The first-order chi connectivity index (χ1) is 13.9. The van der Waals surface area contributed by atoms with E-state index in [0.717, 1.165) is 27.4 Å². The molecule has 1 heterocycles. The minimum absolute atomic E-state index is 0.0180. The molecule has 4 nitrogen and oxygen atoms in total. The molecule has 6 heteroatoms. The number of carbonyl (C=O) groups is 2. The van der Waals surface area contributed by atoms with Crippen molar-refractivity contribution in [1.29, 1.82) is 0 Å². The van der Waals surface area contributed by atoms with E-state index in [1.165, 1.54) is 23.1 Å². The van der Waals surface area contributed by atoms with Gasteiger partial charge in [-0.2, -0.15) is 0 Å². The number of amides is 2. The number of benzene rings is 2. The lowest BCUT2D eigenvalue weighted by Crippen LogP contribution is -2.24. The maximum atomic E-state index is 12.8. The zero-order valence-electron chi connectivity index (χ0n) is 16.7. The lowest BCUT2D eigenvalue weighted by Gasteiger charge is -2.16. The summed E-state index contributed by atoms with van der Waals surface area (Å²) in [7, 11) is 0. The topological polar surface area (TPSA) is 58.2 Å². The van der Waals surface area contributed by atoms with E-state index in [0.29, 0.717) is 11.3 Å². The fraction of sp³-hybridized carbons (Fsp3) is 0.217. The SMILES string of the molecule is CCC(Sc1cccc(NC(=O)c2cccs2)c1)C(=O)Nc1cc(C)cc(C)c1. The van der Waals surface area contributed by atoms with Gasteiger partial charge in [-0.15, -0.1) is 23.1 Å². The molecule has 0 aliphatic heterocycles. The van der Waals surface area contributed by atoms with Crippen molar-refractivity contribution in [2.45, 2.75) is 37.3 Å². The van der Waals surface area contributed by atoms with Crippen LogP contribution in [0.5, 0.6) is 0 Å². The third kappa shape index (κ3) is 5.95. The van der Waals surface area contributed by atoms with Crippen LogP contribution in [0.4, 0.5) is 11.4 Å². The molecule has 0 saturated heterocycles. The zero-order valence-corrected chi connectivity index (χ0v) is 18.3. The van der Waals surface area contributed by atoms with E-state index in [1.54, 1.807) is 6.07 Å². The van der Waals surface area contributed by atoms with Crippen molar-refractivity contribution in [3.63, 3.8) is 0 Å². The molecular weight excluding hydrogens is 400 g/mol. The first-order valence-corrected chi connectivity index (χ1v) is 11.2. The summed E-state index contributed by atoms with van der Waals surface area (Å²) in [5.74, 6) is -0.141. The van der Waals surface area contributed by atoms with Crippen LogP contribution in [0.3, 0.4) is 0 Å². The predicted octanol–water partition coefficient (Wildman–Crippen LogP) is 6.13. The van der Waals surface area contributed by atoms with Gasteiger partial charge in [0.2, 0.25) is 5.91 Å². The molecule has 3 rings (SSSR count). The van der Waals surface area contributed by atoms with Gasteiger partial charge in [-0.3, -0.25) is 9.59 Å². The van der Waals surface area contributed by atoms with Crippen molar-refractivity contribution < 1.29 is 9.59 Å². The molecule has 3 aromatic rings. The molecule has 0 fully saturated rings. The van der Waals surface area contributed by atoms with Gasteiger partial charge in [0.25, 0.3) is 5.91 Å². The summed E-state index contributed by atoms with van der Waals surface area (Å²) < 4.78 is 0. The third-order valence-corrected chi connectivity index (χ3v) is 6.49. The normalized spacial score (nSPS) is 11.7. The van der Waals surface area contributed by atoms with Gasteiger partial charge >= 0.3 is 0 Å². The molecule has 0 saturated carbocycles. The van der Waals surface area contributed by atoms with Crippen molar-refractivity contribution in [3.05, 3.63) is 76.0 Å². The Balaban J connectivity index is 1.67. The molecule has 2 aromatic carbocycles. The average molecular weight is 425 g/mol. The molecular formula is C23H24N2O2S2. The molecule has 0 aliphatic carbocycles. The monoisotopic (exact) mass is 424 g/mol. The van der Waals surface area contributed by atoms with Crippen molar-refractivity contribution in [1.82, 2.24) is 0 Å². The molecule has 2 N–H and O–H groups in total. The van der Waals surface area contributed by atoms with Crippen LogP contribution in [0, 0.1) is 13.8 Å². The number of thioether (sulfide) groups is 1. The summed E-state index contributed by atoms with van der Waals surface area (Å²) >= 11 is 2.91. The Morgan fingerprint density at radius 3 is 2.38 bits per heavy atom. The summed E-state index contributed by atoms with van der Waals surface area (Å²) in [5, 5.41) is 7.60.